The van der Waals surface area contributed by atoms with Gasteiger partial charge < -0.3 is 15.5 Å². The number of furan rings is 1. The van der Waals surface area contributed by atoms with E-state index in [1.54, 1.807) is 12.3 Å². The number of halogens is 2. The second kappa shape index (κ2) is 7.04. The Morgan fingerprint density at radius 1 is 1.36 bits per heavy atom. The Balaban J connectivity index is 2.06. The number of nitrogens with two attached hydrogens (primary N) is 1. The summed E-state index contributed by atoms with van der Waals surface area (Å²) in [6.07, 6.45) is 1.58. The van der Waals surface area contributed by atoms with Crippen molar-refractivity contribution in [1.82, 2.24) is 4.90 Å². The van der Waals surface area contributed by atoms with Gasteiger partial charge in [0.15, 0.2) is 5.96 Å². The highest BCUT2D eigenvalue weighted by Gasteiger charge is 2.16. The number of hydrogen-bond acceptors (Lipinski definition) is 3. The molecule has 0 aliphatic carbocycles. The Bertz CT molecular complexity index is 641. The molecule has 0 fully saturated rings. The van der Waals surface area contributed by atoms with Crippen molar-refractivity contribution in [3.8, 4) is 0 Å². The molecule has 118 valence electrons. The van der Waals surface area contributed by atoms with Crippen molar-refractivity contribution in [1.29, 1.82) is 0 Å². The number of nitrogens with one attached hydrogen (secondary N) is 1. The molecule has 2 aromatic rings. The SMILES string of the molecule is CN(C)C(CN=C(N)Nc1cc(F)ccc1F)c1ccco1. The van der Waals surface area contributed by atoms with Crippen LogP contribution in [-0.2, 0) is 0 Å². The van der Waals surface area contributed by atoms with Crippen LogP contribution in [0.2, 0.25) is 0 Å². The molecular weight excluding hydrogens is 290 g/mol. The number of aliphatic imine (C=N–C) groups is 1. The molecule has 3 N–H and O–H groups in total. The number of guanidine groups is 1. The third kappa shape index (κ3) is 4.05. The Morgan fingerprint density at radius 2 is 2.14 bits per heavy atom. The van der Waals surface area contributed by atoms with Crippen LogP contribution in [0, 0.1) is 11.6 Å². The van der Waals surface area contributed by atoms with Gasteiger partial charge in [0.25, 0.3) is 0 Å². The molecule has 1 aromatic heterocycles. The van der Waals surface area contributed by atoms with Crippen LogP contribution < -0.4 is 11.1 Å². The fourth-order valence-electron chi connectivity index (χ4n) is 1.94. The average Bonchev–Trinajstić information content (AvgIpc) is 2.96. The zero-order valence-corrected chi connectivity index (χ0v) is 12.4. The molecular formula is C15H18F2N4O. The minimum absolute atomic E-state index is 0.00269. The summed E-state index contributed by atoms with van der Waals surface area (Å²) in [4.78, 5) is 6.09. The third-order valence-corrected chi connectivity index (χ3v) is 3.12. The van der Waals surface area contributed by atoms with E-state index in [-0.39, 0.29) is 17.7 Å². The van der Waals surface area contributed by atoms with E-state index >= 15 is 0 Å². The van der Waals surface area contributed by atoms with E-state index < -0.39 is 11.6 Å². The number of hydrogen-bond donors (Lipinski definition) is 2. The first-order chi connectivity index (χ1) is 10.5. The number of rotatable bonds is 5. The molecule has 2 rings (SSSR count). The third-order valence-electron chi connectivity index (χ3n) is 3.12. The molecule has 5 nitrogen and oxygen atoms in total. The predicted molar refractivity (Wildman–Crippen MR) is 81.6 cm³/mol. The molecule has 7 heteroatoms. The van der Waals surface area contributed by atoms with Gasteiger partial charge in [0.05, 0.1) is 24.5 Å². The summed E-state index contributed by atoms with van der Waals surface area (Å²) >= 11 is 0. The highest BCUT2D eigenvalue weighted by molar-refractivity contribution is 5.92. The van der Waals surface area contributed by atoms with Crippen LogP contribution in [0.25, 0.3) is 0 Å². The lowest BCUT2D eigenvalue weighted by molar-refractivity contribution is 0.265. The van der Waals surface area contributed by atoms with Crippen molar-refractivity contribution < 1.29 is 13.2 Å². The highest BCUT2D eigenvalue weighted by atomic mass is 19.1. The molecule has 0 aliphatic rings. The number of benzene rings is 1. The van der Waals surface area contributed by atoms with Crippen molar-refractivity contribution in [2.45, 2.75) is 6.04 Å². The van der Waals surface area contributed by atoms with Crippen LogP contribution in [-0.4, -0.2) is 31.5 Å². The van der Waals surface area contributed by atoms with Crippen LogP contribution in [0.5, 0.6) is 0 Å². The van der Waals surface area contributed by atoms with E-state index in [1.165, 1.54) is 0 Å². The lowest BCUT2D eigenvalue weighted by atomic mass is 10.2. The van der Waals surface area contributed by atoms with E-state index in [0.29, 0.717) is 6.54 Å². The first-order valence-corrected chi connectivity index (χ1v) is 6.69. The maximum atomic E-state index is 13.5. The molecule has 1 heterocycles. The molecule has 0 spiro atoms. The summed E-state index contributed by atoms with van der Waals surface area (Å²) in [5.74, 6) is -0.408. The molecule has 0 bridgehead atoms. The van der Waals surface area contributed by atoms with E-state index in [9.17, 15) is 8.78 Å². The zero-order valence-electron chi connectivity index (χ0n) is 12.4. The van der Waals surface area contributed by atoms with Gasteiger partial charge in [0.2, 0.25) is 0 Å². The second-order valence-corrected chi connectivity index (χ2v) is 4.97. The second-order valence-electron chi connectivity index (χ2n) is 4.97. The topological polar surface area (TPSA) is 66.8 Å². The summed E-state index contributed by atoms with van der Waals surface area (Å²) in [5.41, 5.74) is 5.67. The Kier molecular flexibility index (Phi) is 5.11. The molecule has 22 heavy (non-hydrogen) atoms. The van der Waals surface area contributed by atoms with Gasteiger partial charge >= 0.3 is 0 Å². The molecule has 0 radical (unpaired) electrons. The normalized spacial score (nSPS) is 13.4. The molecule has 1 atom stereocenters. The summed E-state index contributed by atoms with van der Waals surface area (Å²) in [6.45, 7) is 0.316. The van der Waals surface area contributed by atoms with E-state index in [2.05, 4.69) is 10.3 Å². The summed E-state index contributed by atoms with van der Waals surface area (Å²) < 4.78 is 32.0. The molecule has 0 saturated carbocycles. The minimum atomic E-state index is -0.602. The van der Waals surface area contributed by atoms with Crippen molar-refractivity contribution in [3.05, 3.63) is 54.0 Å². The Labute approximate surface area is 127 Å². The standard InChI is InChI=1S/C15H18F2N4O/c1-21(2)13(14-4-3-7-22-14)9-19-15(18)20-12-8-10(16)5-6-11(12)17/h3-8,13H,9H2,1-2H3,(H3,18,19,20). The molecule has 0 aliphatic heterocycles. The molecule has 0 amide bonds. The van der Waals surface area contributed by atoms with Crippen LogP contribution in [0.1, 0.15) is 11.8 Å². The van der Waals surface area contributed by atoms with Gasteiger partial charge in [-0.05, 0) is 38.4 Å². The van der Waals surface area contributed by atoms with E-state index in [0.717, 1.165) is 24.0 Å². The summed E-state index contributed by atoms with van der Waals surface area (Å²) in [6, 6.07) is 6.61. The number of likely N-dealkylation sites (N-methyl/N-ethyl adjacent to an activating group) is 1. The van der Waals surface area contributed by atoms with Crippen LogP contribution in [0.3, 0.4) is 0 Å². The number of anilines is 1. The van der Waals surface area contributed by atoms with Crippen LogP contribution >= 0.6 is 0 Å². The highest BCUT2D eigenvalue weighted by Crippen LogP contribution is 2.19. The van der Waals surface area contributed by atoms with E-state index in [1.807, 2.05) is 25.1 Å². The smallest absolute Gasteiger partial charge is 0.193 e. The monoisotopic (exact) mass is 308 g/mol. The quantitative estimate of drug-likeness (QED) is 0.658. The van der Waals surface area contributed by atoms with E-state index in [4.69, 9.17) is 10.2 Å². The van der Waals surface area contributed by atoms with Crippen molar-refractivity contribution >= 4 is 11.6 Å². The van der Waals surface area contributed by atoms with Crippen molar-refractivity contribution in [3.63, 3.8) is 0 Å². The average molecular weight is 308 g/mol. The zero-order chi connectivity index (χ0) is 16.1. The minimum Gasteiger partial charge on any atom is -0.468 e. The van der Waals surface area contributed by atoms with Gasteiger partial charge in [-0.25, -0.2) is 8.78 Å². The lowest BCUT2D eigenvalue weighted by Gasteiger charge is -2.20. The first-order valence-electron chi connectivity index (χ1n) is 6.69. The molecule has 0 saturated heterocycles. The fourth-order valence-corrected chi connectivity index (χ4v) is 1.94. The van der Waals surface area contributed by atoms with Gasteiger partial charge in [-0.3, -0.25) is 9.89 Å². The van der Waals surface area contributed by atoms with Gasteiger partial charge in [0.1, 0.15) is 17.4 Å². The van der Waals surface area contributed by atoms with Gasteiger partial charge in [-0.15, -0.1) is 0 Å². The first kappa shape index (κ1) is 16.0. The summed E-state index contributed by atoms with van der Waals surface area (Å²) in [7, 11) is 3.77. The Hall–Kier alpha value is -2.41. The van der Waals surface area contributed by atoms with Crippen molar-refractivity contribution in [2.75, 3.05) is 26.0 Å². The summed E-state index contributed by atoms with van der Waals surface area (Å²) in [5, 5.41) is 2.55. The van der Waals surface area contributed by atoms with Gasteiger partial charge in [-0.2, -0.15) is 0 Å². The van der Waals surface area contributed by atoms with Crippen molar-refractivity contribution in [2.24, 2.45) is 10.7 Å². The lowest BCUT2D eigenvalue weighted by Crippen LogP contribution is -2.27. The maximum Gasteiger partial charge on any atom is 0.193 e. The molecule has 1 unspecified atom stereocenters. The Morgan fingerprint density at radius 3 is 2.77 bits per heavy atom. The maximum absolute atomic E-state index is 13.5. The molecule has 1 aromatic carbocycles. The largest absolute Gasteiger partial charge is 0.468 e. The van der Waals surface area contributed by atoms with Crippen LogP contribution in [0.4, 0.5) is 14.5 Å². The number of nitrogens with zero attached hydrogens (tertiary/aromatic N) is 2. The van der Waals surface area contributed by atoms with Gasteiger partial charge in [0, 0.05) is 6.07 Å². The van der Waals surface area contributed by atoms with Gasteiger partial charge in [-0.1, -0.05) is 0 Å². The fraction of sp³-hybridized carbons (Fsp3) is 0.267. The van der Waals surface area contributed by atoms with Crippen LogP contribution in [0.15, 0.2) is 46.0 Å². The predicted octanol–water partition coefficient (Wildman–Crippen LogP) is 2.59.